The molecule has 134 valence electrons. The summed E-state index contributed by atoms with van der Waals surface area (Å²) in [5.41, 5.74) is 2.78. The average Bonchev–Trinajstić information content (AvgIpc) is 3.13. The summed E-state index contributed by atoms with van der Waals surface area (Å²) in [6.07, 6.45) is 5.90. The van der Waals surface area contributed by atoms with E-state index in [9.17, 15) is 5.11 Å². The minimum Gasteiger partial charge on any atom is -0.385 e. The zero-order chi connectivity index (χ0) is 17.7. The SMILES string of the molecule is Cn1ncc2ccc(C3(O)CC4CCC(C3)N4Cc3ccccc3)cc21. The molecule has 2 aromatic carbocycles. The van der Waals surface area contributed by atoms with Crippen LogP contribution in [0.3, 0.4) is 0 Å². The average molecular weight is 347 g/mol. The number of aliphatic hydroxyl groups is 1. The smallest absolute Gasteiger partial charge is 0.0927 e. The van der Waals surface area contributed by atoms with E-state index in [-0.39, 0.29) is 0 Å². The first-order valence-corrected chi connectivity index (χ1v) is 9.57. The number of aryl methyl sites for hydroxylation is 1. The van der Waals surface area contributed by atoms with Crippen LogP contribution in [-0.4, -0.2) is 31.9 Å². The van der Waals surface area contributed by atoms with Crippen LogP contribution in [0, 0.1) is 0 Å². The van der Waals surface area contributed by atoms with Crippen molar-refractivity contribution in [2.24, 2.45) is 7.05 Å². The van der Waals surface area contributed by atoms with Gasteiger partial charge in [0.1, 0.15) is 0 Å². The first kappa shape index (κ1) is 16.0. The maximum absolute atomic E-state index is 11.5. The van der Waals surface area contributed by atoms with Crippen LogP contribution >= 0.6 is 0 Å². The van der Waals surface area contributed by atoms with E-state index in [0.717, 1.165) is 35.9 Å². The molecule has 1 N–H and O–H groups in total. The monoisotopic (exact) mass is 347 g/mol. The zero-order valence-electron chi connectivity index (χ0n) is 15.2. The Morgan fingerprint density at radius 3 is 2.54 bits per heavy atom. The lowest BCUT2D eigenvalue weighted by Crippen LogP contribution is -2.49. The first-order chi connectivity index (χ1) is 12.6. The predicted molar refractivity (Wildman–Crippen MR) is 103 cm³/mol. The van der Waals surface area contributed by atoms with Gasteiger partial charge in [-0.05, 0) is 42.9 Å². The Morgan fingerprint density at radius 1 is 1.08 bits per heavy atom. The zero-order valence-corrected chi connectivity index (χ0v) is 15.2. The van der Waals surface area contributed by atoms with Gasteiger partial charge in [0.05, 0.1) is 17.3 Å². The van der Waals surface area contributed by atoms with Crippen LogP contribution in [0.5, 0.6) is 0 Å². The van der Waals surface area contributed by atoms with Crippen molar-refractivity contribution < 1.29 is 5.11 Å². The summed E-state index contributed by atoms with van der Waals surface area (Å²) >= 11 is 0. The molecular formula is C22H25N3O. The third-order valence-corrected chi connectivity index (χ3v) is 6.41. The summed E-state index contributed by atoms with van der Waals surface area (Å²) in [5, 5.41) is 17.0. The maximum Gasteiger partial charge on any atom is 0.0927 e. The van der Waals surface area contributed by atoms with Crippen molar-refractivity contribution in [3.8, 4) is 0 Å². The van der Waals surface area contributed by atoms with Gasteiger partial charge in [0, 0.05) is 31.1 Å². The molecule has 2 saturated heterocycles. The van der Waals surface area contributed by atoms with E-state index < -0.39 is 5.60 Å². The summed E-state index contributed by atoms with van der Waals surface area (Å²) in [4.78, 5) is 2.62. The molecule has 1 aromatic heterocycles. The molecule has 2 bridgehead atoms. The fourth-order valence-electron chi connectivity index (χ4n) is 5.04. The standard InChI is InChI=1S/C22H25N3O/c1-24-21-11-18(8-7-17(21)14-23-24)22(26)12-19-9-10-20(13-22)25(19)15-16-5-3-2-4-6-16/h2-8,11,14,19-20,26H,9-10,12-13,15H2,1H3. The molecule has 0 aliphatic carbocycles. The molecule has 3 heterocycles. The highest BCUT2D eigenvalue weighted by atomic mass is 16.3. The summed E-state index contributed by atoms with van der Waals surface area (Å²) in [7, 11) is 1.96. The van der Waals surface area contributed by atoms with Gasteiger partial charge in [0.2, 0.25) is 0 Å². The summed E-state index contributed by atoms with van der Waals surface area (Å²) in [6.45, 7) is 0.993. The quantitative estimate of drug-likeness (QED) is 0.787. The number of piperidine rings is 1. The van der Waals surface area contributed by atoms with Gasteiger partial charge in [-0.3, -0.25) is 9.58 Å². The largest absolute Gasteiger partial charge is 0.385 e. The molecule has 4 nitrogen and oxygen atoms in total. The van der Waals surface area contributed by atoms with Crippen molar-refractivity contribution in [1.29, 1.82) is 0 Å². The highest BCUT2D eigenvalue weighted by molar-refractivity contribution is 5.79. The predicted octanol–water partition coefficient (Wildman–Crippen LogP) is 3.59. The van der Waals surface area contributed by atoms with E-state index in [1.54, 1.807) is 0 Å². The van der Waals surface area contributed by atoms with Crippen LogP contribution in [0.15, 0.2) is 54.7 Å². The third kappa shape index (κ3) is 2.56. The first-order valence-electron chi connectivity index (χ1n) is 9.57. The van der Waals surface area contributed by atoms with Gasteiger partial charge in [-0.1, -0.05) is 42.5 Å². The van der Waals surface area contributed by atoms with Crippen LogP contribution in [-0.2, 0) is 19.2 Å². The Balaban J connectivity index is 1.42. The van der Waals surface area contributed by atoms with Crippen molar-refractivity contribution in [2.45, 2.75) is 49.9 Å². The van der Waals surface area contributed by atoms with Gasteiger partial charge in [-0.2, -0.15) is 5.10 Å². The molecule has 2 aliphatic heterocycles. The second-order valence-electron chi connectivity index (χ2n) is 8.02. The summed E-state index contributed by atoms with van der Waals surface area (Å²) in [5.74, 6) is 0. The minimum absolute atomic E-state index is 0.459. The van der Waals surface area contributed by atoms with Crippen molar-refractivity contribution in [3.63, 3.8) is 0 Å². The number of nitrogens with zero attached hydrogens (tertiary/aromatic N) is 3. The Bertz CT molecular complexity index is 919. The lowest BCUT2D eigenvalue weighted by atomic mass is 9.80. The van der Waals surface area contributed by atoms with Gasteiger partial charge >= 0.3 is 0 Å². The minimum atomic E-state index is -0.725. The molecule has 2 aliphatic rings. The molecule has 26 heavy (non-hydrogen) atoms. The third-order valence-electron chi connectivity index (χ3n) is 6.41. The number of rotatable bonds is 3. The van der Waals surface area contributed by atoms with Crippen LogP contribution in [0.2, 0.25) is 0 Å². The van der Waals surface area contributed by atoms with Crippen LogP contribution in [0.1, 0.15) is 36.8 Å². The highest BCUT2D eigenvalue weighted by Gasteiger charge is 2.48. The number of aromatic nitrogens is 2. The molecule has 0 amide bonds. The molecular weight excluding hydrogens is 322 g/mol. The fourth-order valence-corrected chi connectivity index (χ4v) is 5.04. The number of fused-ring (bicyclic) bond motifs is 3. The molecule has 4 heteroatoms. The maximum atomic E-state index is 11.5. The topological polar surface area (TPSA) is 41.3 Å². The van der Waals surface area contributed by atoms with Crippen LogP contribution in [0.25, 0.3) is 10.9 Å². The van der Waals surface area contributed by atoms with Crippen molar-refractivity contribution in [2.75, 3.05) is 0 Å². The Labute approximate surface area is 154 Å². The molecule has 2 unspecified atom stereocenters. The lowest BCUT2D eigenvalue weighted by Gasteiger charge is -2.44. The second-order valence-corrected chi connectivity index (χ2v) is 8.02. The van der Waals surface area contributed by atoms with Gasteiger partial charge in [0.15, 0.2) is 0 Å². The molecule has 0 radical (unpaired) electrons. The van der Waals surface area contributed by atoms with Gasteiger partial charge in [0.25, 0.3) is 0 Å². The summed E-state index contributed by atoms with van der Waals surface area (Å²) < 4.78 is 1.89. The molecule has 5 rings (SSSR count). The molecule has 0 saturated carbocycles. The molecule has 3 aromatic rings. The lowest BCUT2D eigenvalue weighted by molar-refractivity contribution is -0.0594. The van der Waals surface area contributed by atoms with E-state index in [1.807, 2.05) is 17.9 Å². The fraction of sp³-hybridized carbons (Fsp3) is 0.409. The van der Waals surface area contributed by atoms with E-state index >= 15 is 0 Å². The Kier molecular flexibility index (Phi) is 3.66. The normalized spacial score (nSPS) is 28.7. The van der Waals surface area contributed by atoms with E-state index in [1.165, 1.54) is 18.4 Å². The van der Waals surface area contributed by atoms with Crippen molar-refractivity contribution in [1.82, 2.24) is 14.7 Å². The van der Waals surface area contributed by atoms with E-state index in [0.29, 0.717) is 12.1 Å². The van der Waals surface area contributed by atoms with E-state index in [2.05, 4.69) is 58.5 Å². The second kappa shape index (κ2) is 5.93. The van der Waals surface area contributed by atoms with Gasteiger partial charge in [-0.15, -0.1) is 0 Å². The number of benzene rings is 2. The van der Waals surface area contributed by atoms with Gasteiger partial charge < -0.3 is 5.11 Å². The van der Waals surface area contributed by atoms with Crippen molar-refractivity contribution in [3.05, 3.63) is 65.9 Å². The van der Waals surface area contributed by atoms with Crippen LogP contribution in [0.4, 0.5) is 0 Å². The molecule has 2 atom stereocenters. The van der Waals surface area contributed by atoms with Crippen molar-refractivity contribution >= 4 is 10.9 Å². The van der Waals surface area contributed by atoms with Gasteiger partial charge in [-0.25, -0.2) is 0 Å². The number of hydrogen-bond acceptors (Lipinski definition) is 3. The van der Waals surface area contributed by atoms with Crippen LogP contribution < -0.4 is 0 Å². The molecule has 0 spiro atoms. The summed E-state index contributed by atoms with van der Waals surface area (Å²) in [6, 6.07) is 17.9. The molecule has 2 fully saturated rings. The Morgan fingerprint density at radius 2 is 1.81 bits per heavy atom. The Hall–Kier alpha value is -2.17. The number of hydrogen-bond donors (Lipinski definition) is 1. The highest BCUT2D eigenvalue weighted by Crippen LogP contribution is 2.46. The van der Waals surface area contributed by atoms with E-state index in [4.69, 9.17) is 0 Å².